The number of rotatable bonds is 12. The Morgan fingerprint density at radius 2 is 1.60 bits per heavy atom. The van der Waals surface area contributed by atoms with Gasteiger partial charge in [-0.05, 0) is 0 Å². The molecule has 0 aromatic rings. The van der Waals surface area contributed by atoms with Gasteiger partial charge in [-0.1, -0.05) is 0 Å². The van der Waals surface area contributed by atoms with Crippen LogP contribution in [0.5, 0.6) is 0 Å². The summed E-state index contributed by atoms with van der Waals surface area (Å²) in [4.78, 5) is 22.9. The molecule has 2 heterocycles. The van der Waals surface area contributed by atoms with E-state index in [0.29, 0.717) is 0 Å². The molecule has 0 saturated carbocycles. The first-order valence-electron chi connectivity index (χ1n) is 9.33. The molecule has 35 heavy (non-hydrogen) atoms. The number of hydrogen-bond acceptors (Lipinski definition) is 15. The molecule has 2 fully saturated rings. The molecule has 0 spiro atoms. The smallest absolute Gasteiger partial charge is 0.397 e. The van der Waals surface area contributed by atoms with Crippen LogP contribution in [0, 0.1) is 0 Å². The fourth-order valence-corrected chi connectivity index (χ4v) is 4.84. The van der Waals surface area contributed by atoms with Crippen molar-refractivity contribution in [3.8, 4) is 0 Å². The van der Waals surface area contributed by atoms with Crippen LogP contribution in [0.3, 0.4) is 0 Å². The second-order valence-corrected chi connectivity index (χ2v) is 9.55. The summed E-state index contributed by atoms with van der Waals surface area (Å²) >= 11 is -0.308. The molecule has 0 radical (unpaired) electrons. The summed E-state index contributed by atoms with van der Waals surface area (Å²) < 4.78 is 107. The van der Waals surface area contributed by atoms with Gasteiger partial charge < -0.3 is 33.7 Å². The van der Waals surface area contributed by atoms with E-state index in [1.807, 2.05) is 0 Å². The van der Waals surface area contributed by atoms with Crippen molar-refractivity contribution in [1.29, 1.82) is 0 Å². The Balaban J connectivity index is 2.43. The lowest BCUT2D eigenvalue weighted by Crippen LogP contribution is -2.62. The molecule has 5 N–H and O–H groups in total. The van der Waals surface area contributed by atoms with Crippen molar-refractivity contribution in [1.82, 2.24) is 0 Å². The number of ether oxygens (including phenoxy) is 4. The largest absolute Gasteiger partial charge is 0.481 e. The molecule has 2 aliphatic rings. The minimum atomic E-state index is -5.14. The Morgan fingerprint density at radius 1 is 1.00 bits per heavy atom. The molecule has 204 valence electrons. The Kier molecular flexibility index (Phi) is 10.6. The van der Waals surface area contributed by atoms with E-state index in [4.69, 9.17) is 41.9 Å². The highest BCUT2D eigenvalue weighted by Crippen LogP contribution is 2.34. The van der Waals surface area contributed by atoms with Crippen molar-refractivity contribution < 1.29 is 81.8 Å². The van der Waals surface area contributed by atoms with Gasteiger partial charge in [-0.3, -0.25) is 18.1 Å². The van der Waals surface area contributed by atoms with Crippen LogP contribution in [0.2, 0.25) is 0 Å². The summed E-state index contributed by atoms with van der Waals surface area (Å²) in [6.45, 7) is -0.691. The Bertz CT molecular complexity index is 951. The van der Waals surface area contributed by atoms with Crippen molar-refractivity contribution in [2.24, 2.45) is 0 Å². The second-order valence-electron chi connectivity index (χ2n) is 7.11. The van der Waals surface area contributed by atoms with E-state index >= 15 is 0 Å². The van der Waals surface area contributed by atoms with E-state index in [1.165, 1.54) is 0 Å². The van der Waals surface area contributed by atoms with Gasteiger partial charge in [0.05, 0.1) is 19.1 Å². The molecule has 0 aromatic carbocycles. The molecule has 2 aliphatic heterocycles. The molecule has 21 heteroatoms. The summed E-state index contributed by atoms with van der Waals surface area (Å²) in [5.74, 6) is -3.02. The van der Waals surface area contributed by atoms with Crippen molar-refractivity contribution >= 4 is 45.1 Å². The molecule has 0 aromatic heterocycles. The van der Waals surface area contributed by atoms with Crippen molar-refractivity contribution in [2.75, 3.05) is 13.7 Å². The monoisotopic (exact) mass is 574 g/mol. The molecular formula is C14H22O18S3. The summed E-state index contributed by atoms with van der Waals surface area (Å²) in [7, 11) is -9.19. The Morgan fingerprint density at radius 3 is 2.09 bits per heavy atom. The maximum atomic E-state index is 11.7. The molecule has 0 aliphatic carbocycles. The van der Waals surface area contributed by atoms with Gasteiger partial charge in [0, 0.05) is 13.5 Å². The molecule has 8 atom stereocenters. The van der Waals surface area contributed by atoms with E-state index in [0.717, 1.165) is 7.11 Å². The molecule has 0 amide bonds. The predicted octanol–water partition coefficient (Wildman–Crippen LogP) is -1.66. The third-order valence-electron chi connectivity index (χ3n) is 4.74. The van der Waals surface area contributed by atoms with E-state index in [9.17, 15) is 31.5 Å². The van der Waals surface area contributed by atoms with E-state index in [-0.39, 0.29) is 12.3 Å². The predicted molar refractivity (Wildman–Crippen MR) is 107 cm³/mol. The lowest BCUT2D eigenvalue weighted by atomic mass is 9.98. The van der Waals surface area contributed by atoms with E-state index in [2.05, 4.69) is 8.37 Å². The summed E-state index contributed by atoms with van der Waals surface area (Å²) in [6.07, 6.45) is -14.7. The van der Waals surface area contributed by atoms with Crippen LogP contribution in [0.4, 0.5) is 0 Å². The van der Waals surface area contributed by atoms with Crippen molar-refractivity contribution in [3.05, 3.63) is 0 Å². The van der Waals surface area contributed by atoms with Crippen LogP contribution >= 0.6 is 12.3 Å². The van der Waals surface area contributed by atoms with Gasteiger partial charge in [0.25, 0.3) is 0 Å². The van der Waals surface area contributed by atoms with E-state index < -0.39 is 101 Å². The van der Waals surface area contributed by atoms with Gasteiger partial charge in [-0.25, -0.2) is 13.2 Å². The van der Waals surface area contributed by atoms with Gasteiger partial charge in [-0.2, -0.15) is 16.8 Å². The van der Waals surface area contributed by atoms with Crippen LogP contribution in [-0.2, 0) is 61.9 Å². The molecule has 8 unspecified atom stereocenters. The average Bonchev–Trinajstić information content (AvgIpc) is 2.67. The van der Waals surface area contributed by atoms with E-state index in [1.54, 1.807) is 0 Å². The minimum absolute atomic E-state index is 0.308. The Labute approximate surface area is 202 Å². The normalized spacial score (nSPS) is 34.4. The van der Waals surface area contributed by atoms with Crippen molar-refractivity contribution in [2.45, 2.75) is 61.9 Å². The van der Waals surface area contributed by atoms with Crippen LogP contribution in [0.1, 0.15) is 12.8 Å². The highest BCUT2D eigenvalue weighted by Gasteiger charge is 2.52. The summed E-state index contributed by atoms with van der Waals surface area (Å²) in [5.41, 5.74) is 0. The van der Waals surface area contributed by atoms with Crippen LogP contribution in [-0.4, -0.2) is 115 Å². The van der Waals surface area contributed by atoms with Gasteiger partial charge in [0.2, 0.25) is 0 Å². The maximum absolute atomic E-state index is 11.7. The topological polar surface area (TPSA) is 268 Å². The highest BCUT2D eigenvalue weighted by molar-refractivity contribution is 7.88. The number of carboxylic acid groups (broad SMARTS) is 2. The number of aliphatic carboxylic acids is 2. The molecule has 18 nitrogen and oxygen atoms in total. The SMILES string of the molecule is COC1C(OS(=O)(=O)O)COC(C(=O)O)C1OC1OC(CC(=O)O)CC(OS(=O)(=O)O)C1OSO. The fourth-order valence-electron chi connectivity index (χ4n) is 3.55. The number of hydrogen-bond donors (Lipinski definition) is 5. The first kappa shape index (κ1) is 30.0. The fraction of sp³-hybridized carbons (Fsp3) is 0.857. The first-order chi connectivity index (χ1) is 16.1. The third-order valence-corrected chi connectivity index (χ3v) is 6.03. The van der Waals surface area contributed by atoms with Gasteiger partial charge in [0.15, 0.2) is 30.8 Å². The lowest BCUT2D eigenvalue weighted by molar-refractivity contribution is -0.307. The van der Waals surface area contributed by atoms with Crippen LogP contribution in [0.15, 0.2) is 0 Å². The quantitative estimate of drug-likeness (QED) is 0.129. The first-order valence-corrected chi connectivity index (χ1v) is 12.8. The molecule has 0 bridgehead atoms. The third kappa shape index (κ3) is 8.99. The van der Waals surface area contributed by atoms with Crippen molar-refractivity contribution in [3.63, 3.8) is 0 Å². The lowest BCUT2D eigenvalue weighted by Gasteiger charge is -2.44. The number of carbonyl (C=O) groups is 2. The van der Waals surface area contributed by atoms with Crippen LogP contribution < -0.4 is 0 Å². The van der Waals surface area contributed by atoms with Crippen LogP contribution in [0.25, 0.3) is 0 Å². The number of methoxy groups -OCH3 is 1. The average molecular weight is 575 g/mol. The molecule has 2 rings (SSSR count). The Hall–Kier alpha value is -1.21. The summed E-state index contributed by atoms with van der Waals surface area (Å²) in [5, 5.41) is 18.6. The zero-order valence-electron chi connectivity index (χ0n) is 17.5. The zero-order valence-corrected chi connectivity index (χ0v) is 20.0. The minimum Gasteiger partial charge on any atom is -0.481 e. The maximum Gasteiger partial charge on any atom is 0.397 e. The number of carboxylic acids is 2. The molecular weight excluding hydrogens is 552 g/mol. The molecule has 2 saturated heterocycles. The van der Waals surface area contributed by atoms with Gasteiger partial charge in [-0.15, -0.1) is 0 Å². The van der Waals surface area contributed by atoms with Gasteiger partial charge >= 0.3 is 32.7 Å². The van der Waals surface area contributed by atoms with Gasteiger partial charge in [0.1, 0.15) is 24.4 Å². The second kappa shape index (κ2) is 12.4. The zero-order chi connectivity index (χ0) is 26.6. The highest BCUT2D eigenvalue weighted by atomic mass is 32.3. The summed E-state index contributed by atoms with van der Waals surface area (Å²) in [6, 6.07) is 0. The standard InChI is InChI=1S/C14H22O18S3/c1-26-9-7(32-35(23,24)25)4-27-12(13(17)18)11(9)29-14-10(30-33-19)6(31-34(20,21)22)2-5(28-14)3-8(15)16/h5-7,9-12,14,19H,2-4H2,1H3,(H,15,16)(H,17,18)(H,20,21,22)(H,23,24,25).